The molecule has 3 aromatic heterocycles. The molecule has 9 heteroatoms. The molecule has 5 rings (SSSR count). The van der Waals surface area contributed by atoms with Gasteiger partial charge in [0.15, 0.2) is 11.5 Å². The monoisotopic (exact) mass is 458 g/mol. The third kappa shape index (κ3) is 4.57. The summed E-state index contributed by atoms with van der Waals surface area (Å²) in [6.45, 7) is 8.02. The highest BCUT2D eigenvalue weighted by Crippen LogP contribution is 2.24. The summed E-state index contributed by atoms with van der Waals surface area (Å²) in [5.41, 5.74) is 3.97. The Kier molecular flexibility index (Phi) is 6.37. The Labute approximate surface area is 199 Å². The van der Waals surface area contributed by atoms with Gasteiger partial charge in [-0.3, -0.25) is 14.2 Å². The zero-order chi connectivity index (χ0) is 23.5. The number of hydrogen-bond donors (Lipinski definition) is 1. The molecule has 34 heavy (non-hydrogen) atoms. The SMILES string of the molecule is Cc1ccc(-n2nccc2-c2nc(C(=O)NCCCN3CCN(C)CC3)c3cnccn23)cc1. The van der Waals surface area contributed by atoms with Crippen molar-refractivity contribution in [2.75, 3.05) is 46.3 Å². The van der Waals surface area contributed by atoms with Gasteiger partial charge in [0.25, 0.3) is 5.91 Å². The quantitative estimate of drug-likeness (QED) is 0.428. The normalized spacial score (nSPS) is 15.1. The average molecular weight is 459 g/mol. The summed E-state index contributed by atoms with van der Waals surface area (Å²) in [6.07, 6.45) is 7.86. The summed E-state index contributed by atoms with van der Waals surface area (Å²) in [6, 6.07) is 10.1. The third-order valence-corrected chi connectivity index (χ3v) is 6.34. The number of aryl methyl sites for hydroxylation is 1. The Morgan fingerprint density at radius 1 is 1.06 bits per heavy atom. The Hall–Kier alpha value is -3.56. The van der Waals surface area contributed by atoms with Crippen LogP contribution in [0.4, 0.5) is 0 Å². The zero-order valence-electron chi connectivity index (χ0n) is 19.7. The van der Waals surface area contributed by atoms with E-state index in [4.69, 9.17) is 4.98 Å². The first-order valence-corrected chi connectivity index (χ1v) is 11.7. The molecular formula is C25H30N8O. The first-order chi connectivity index (χ1) is 16.6. The van der Waals surface area contributed by atoms with Crippen LogP contribution in [0.3, 0.4) is 0 Å². The highest BCUT2D eigenvalue weighted by molar-refractivity contribution is 5.99. The van der Waals surface area contributed by atoms with Crippen molar-refractivity contribution in [2.45, 2.75) is 13.3 Å². The van der Waals surface area contributed by atoms with E-state index in [0.29, 0.717) is 23.6 Å². The number of likely N-dealkylation sites (N-methyl/N-ethyl adjacent to an activating group) is 1. The highest BCUT2D eigenvalue weighted by Gasteiger charge is 2.21. The molecule has 0 radical (unpaired) electrons. The van der Waals surface area contributed by atoms with E-state index in [9.17, 15) is 4.79 Å². The molecule has 1 saturated heterocycles. The second-order valence-corrected chi connectivity index (χ2v) is 8.83. The van der Waals surface area contributed by atoms with E-state index >= 15 is 0 Å². The predicted octanol–water partition coefficient (Wildman–Crippen LogP) is 2.26. The van der Waals surface area contributed by atoms with Crippen molar-refractivity contribution < 1.29 is 4.79 Å². The molecule has 1 aliphatic rings. The largest absolute Gasteiger partial charge is 0.351 e. The van der Waals surface area contributed by atoms with Gasteiger partial charge >= 0.3 is 0 Å². The van der Waals surface area contributed by atoms with Crippen LogP contribution in [-0.2, 0) is 0 Å². The van der Waals surface area contributed by atoms with Gasteiger partial charge < -0.3 is 15.1 Å². The minimum atomic E-state index is -0.184. The van der Waals surface area contributed by atoms with Crippen molar-refractivity contribution in [1.82, 2.24) is 39.3 Å². The van der Waals surface area contributed by atoms with E-state index in [1.807, 2.05) is 33.5 Å². The number of fused-ring (bicyclic) bond motifs is 1. The van der Waals surface area contributed by atoms with Crippen LogP contribution in [0.25, 0.3) is 22.7 Å². The highest BCUT2D eigenvalue weighted by atomic mass is 16.1. The standard InChI is InChI=1S/C25H30N8O/c1-19-4-6-20(7-5-19)33-21(8-10-28-33)24-29-23(22-18-26-11-13-32(22)24)25(34)27-9-3-12-31-16-14-30(2)15-17-31/h4-8,10-11,13,18H,3,9,12,14-17H2,1-2H3,(H,27,34). The molecular weight excluding hydrogens is 428 g/mol. The Morgan fingerprint density at radius 2 is 1.85 bits per heavy atom. The number of carbonyl (C=O) groups is 1. The summed E-state index contributed by atoms with van der Waals surface area (Å²) < 4.78 is 3.74. The van der Waals surface area contributed by atoms with Gasteiger partial charge in [0.2, 0.25) is 0 Å². The van der Waals surface area contributed by atoms with Gasteiger partial charge in [0, 0.05) is 45.1 Å². The molecule has 1 aliphatic heterocycles. The van der Waals surface area contributed by atoms with Crippen LogP contribution in [-0.4, -0.2) is 86.2 Å². The number of piperazine rings is 1. The summed E-state index contributed by atoms with van der Waals surface area (Å²) in [5.74, 6) is 0.467. The van der Waals surface area contributed by atoms with Gasteiger partial charge in [-0.15, -0.1) is 0 Å². The lowest BCUT2D eigenvalue weighted by Crippen LogP contribution is -2.45. The number of hydrogen-bond acceptors (Lipinski definition) is 6. The number of rotatable bonds is 7. The fraction of sp³-hybridized carbons (Fsp3) is 0.360. The Morgan fingerprint density at radius 3 is 2.65 bits per heavy atom. The minimum Gasteiger partial charge on any atom is -0.351 e. The first-order valence-electron chi connectivity index (χ1n) is 11.7. The second-order valence-electron chi connectivity index (χ2n) is 8.83. The van der Waals surface area contributed by atoms with Gasteiger partial charge in [0.1, 0.15) is 5.69 Å². The van der Waals surface area contributed by atoms with Crippen molar-refractivity contribution in [3.8, 4) is 17.2 Å². The van der Waals surface area contributed by atoms with Crippen molar-refractivity contribution >= 4 is 11.4 Å². The fourth-order valence-corrected chi connectivity index (χ4v) is 4.31. The maximum absolute atomic E-state index is 13.1. The molecule has 176 valence electrons. The molecule has 0 bridgehead atoms. The molecule has 0 atom stereocenters. The molecule has 0 saturated carbocycles. The Bertz CT molecular complexity index is 1270. The van der Waals surface area contributed by atoms with Crippen molar-refractivity contribution in [1.29, 1.82) is 0 Å². The number of imidazole rings is 1. The van der Waals surface area contributed by atoms with Crippen LogP contribution in [0.1, 0.15) is 22.5 Å². The third-order valence-electron chi connectivity index (χ3n) is 6.34. The molecule has 4 heterocycles. The van der Waals surface area contributed by atoms with Crippen molar-refractivity contribution in [2.24, 2.45) is 0 Å². The molecule has 0 aliphatic carbocycles. The van der Waals surface area contributed by atoms with E-state index in [1.54, 1.807) is 18.6 Å². The van der Waals surface area contributed by atoms with Crippen LogP contribution in [0.15, 0.2) is 55.1 Å². The van der Waals surface area contributed by atoms with E-state index in [-0.39, 0.29) is 5.91 Å². The Balaban J connectivity index is 1.34. The topological polar surface area (TPSA) is 83.6 Å². The summed E-state index contributed by atoms with van der Waals surface area (Å²) >= 11 is 0. The lowest BCUT2D eigenvalue weighted by atomic mass is 10.2. The maximum atomic E-state index is 13.1. The van der Waals surface area contributed by atoms with E-state index in [0.717, 1.165) is 50.5 Å². The van der Waals surface area contributed by atoms with Crippen LogP contribution < -0.4 is 5.32 Å². The van der Waals surface area contributed by atoms with Crippen molar-refractivity contribution in [3.63, 3.8) is 0 Å². The van der Waals surface area contributed by atoms with Gasteiger partial charge in [-0.1, -0.05) is 17.7 Å². The van der Waals surface area contributed by atoms with E-state index in [1.165, 1.54) is 5.56 Å². The van der Waals surface area contributed by atoms with Crippen LogP contribution in [0.2, 0.25) is 0 Å². The van der Waals surface area contributed by atoms with Gasteiger partial charge in [-0.25, -0.2) is 9.67 Å². The summed E-state index contributed by atoms with van der Waals surface area (Å²) in [5, 5.41) is 7.55. The average Bonchev–Trinajstić information content (AvgIpc) is 3.48. The second kappa shape index (κ2) is 9.74. The fourth-order valence-electron chi connectivity index (χ4n) is 4.31. The molecule has 0 unspecified atom stereocenters. The van der Waals surface area contributed by atoms with E-state index in [2.05, 4.69) is 51.3 Å². The summed E-state index contributed by atoms with van der Waals surface area (Å²) in [4.78, 5) is 26.8. The lowest BCUT2D eigenvalue weighted by Gasteiger charge is -2.32. The van der Waals surface area contributed by atoms with Crippen LogP contribution in [0.5, 0.6) is 0 Å². The zero-order valence-corrected chi connectivity index (χ0v) is 19.7. The smallest absolute Gasteiger partial charge is 0.272 e. The van der Waals surface area contributed by atoms with Gasteiger partial charge in [-0.2, -0.15) is 5.10 Å². The number of aromatic nitrogens is 5. The van der Waals surface area contributed by atoms with Crippen LogP contribution >= 0.6 is 0 Å². The molecule has 1 aromatic carbocycles. The number of amides is 1. The lowest BCUT2D eigenvalue weighted by molar-refractivity contribution is 0.0946. The van der Waals surface area contributed by atoms with Crippen LogP contribution in [0, 0.1) is 6.92 Å². The van der Waals surface area contributed by atoms with E-state index < -0.39 is 0 Å². The van der Waals surface area contributed by atoms with Gasteiger partial charge in [0.05, 0.1) is 23.6 Å². The molecule has 9 nitrogen and oxygen atoms in total. The maximum Gasteiger partial charge on any atom is 0.272 e. The van der Waals surface area contributed by atoms with Crippen molar-refractivity contribution in [3.05, 3.63) is 66.4 Å². The molecule has 4 aromatic rings. The number of carbonyl (C=O) groups excluding carboxylic acids is 1. The summed E-state index contributed by atoms with van der Waals surface area (Å²) in [7, 11) is 2.16. The predicted molar refractivity (Wildman–Crippen MR) is 131 cm³/mol. The molecule has 1 amide bonds. The first kappa shape index (κ1) is 22.2. The molecule has 1 fully saturated rings. The number of nitrogens with zero attached hydrogens (tertiary/aromatic N) is 7. The number of nitrogens with one attached hydrogen (secondary N) is 1. The molecule has 0 spiro atoms. The molecule has 1 N–H and O–H groups in total. The van der Waals surface area contributed by atoms with Gasteiger partial charge in [-0.05, 0) is 45.1 Å². The minimum absolute atomic E-state index is 0.184. The number of benzene rings is 1.